The average molecular weight is 264 g/mol. The van der Waals surface area contributed by atoms with E-state index < -0.39 is 11.9 Å². The number of carboxylic acids is 1. The highest BCUT2D eigenvalue weighted by Gasteiger charge is 2.37. The number of nitriles is 1. The lowest BCUT2D eigenvalue weighted by molar-refractivity contribution is -0.141. The molecular weight excluding hydrogens is 252 g/mol. The second-order valence-electron chi connectivity index (χ2n) is 4.18. The van der Waals surface area contributed by atoms with E-state index in [0.29, 0.717) is 0 Å². The van der Waals surface area contributed by atoms with Gasteiger partial charge in [0, 0.05) is 13.0 Å². The molecule has 100 valence electrons. The highest BCUT2D eigenvalue weighted by Crippen LogP contribution is 2.28. The standard InChI is InChI=1S/C11H12N4O4/c12-4-8-5-13-15(1-2-16)10(8)14-6-7(11(18)19)3-9(14)17/h5,7,16H,1-3,6H2,(H,18,19). The van der Waals surface area contributed by atoms with Gasteiger partial charge in [0.05, 0.1) is 25.3 Å². The van der Waals surface area contributed by atoms with Crippen molar-refractivity contribution in [2.24, 2.45) is 5.92 Å². The molecule has 0 bridgehead atoms. The van der Waals surface area contributed by atoms with Crippen LogP contribution < -0.4 is 4.90 Å². The fraction of sp³-hybridized carbons (Fsp3) is 0.455. The molecule has 1 aliphatic heterocycles. The molecule has 0 aromatic carbocycles. The number of carboxylic acid groups (broad SMARTS) is 1. The van der Waals surface area contributed by atoms with Gasteiger partial charge in [-0.15, -0.1) is 0 Å². The van der Waals surface area contributed by atoms with E-state index in [2.05, 4.69) is 5.10 Å². The molecule has 1 atom stereocenters. The SMILES string of the molecule is N#Cc1cnn(CCO)c1N1CC(C(=O)O)CC1=O. The Morgan fingerprint density at radius 1 is 1.63 bits per heavy atom. The number of nitrogens with zero attached hydrogens (tertiary/aromatic N) is 4. The van der Waals surface area contributed by atoms with Gasteiger partial charge < -0.3 is 10.2 Å². The summed E-state index contributed by atoms with van der Waals surface area (Å²) < 4.78 is 1.33. The lowest BCUT2D eigenvalue weighted by Crippen LogP contribution is -2.29. The highest BCUT2D eigenvalue weighted by molar-refractivity contribution is 5.99. The Kier molecular flexibility index (Phi) is 3.48. The van der Waals surface area contributed by atoms with E-state index >= 15 is 0 Å². The summed E-state index contributed by atoms with van der Waals surface area (Å²) >= 11 is 0. The first kappa shape index (κ1) is 13.0. The smallest absolute Gasteiger partial charge is 0.308 e. The van der Waals surface area contributed by atoms with Crippen LogP contribution in [0.25, 0.3) is 0 Å². The van der Waals surface area contributed by atoms with Gasteiger partial charge in [0.25, 0.3) is 0 Å². The molecule has 19 heavy (non-hydrogen) atoms. The van der Waals surface area contributed by atoms with Gasteiger partial charge in [-0.1, -0.05) is 0 Å². The molecule has 0 radical (unpaired) electrons. The molecule has 1 aromatic heterocycles. The number of amides is 1. The monoisotopic (exact) mass is 264 g/mol. The van der Waals surface area contributed by atoms with Gasteiger partial charge >= 0.3 is 5.97 Å². The number of aliphatic hydroxyl groups excluding tert-OH is 1. The van der Waals surface area contributed by atoms with Crippen LogP contribution >= 0.6 is 0 Å². The molecule has 1 saturated heterocycles. The molecule has 1 unspecified atom stereocenters. The van der Waals surface area contributed by atoms with Crippen molar-refractivity contribution in [2.45, 2.75) is 13.0 Å². The Bertz CT molecular complexity index is 560. The summed E-state index contributed by atoms with van der Waals surface area (Å²) in [6.07, 6.45) is 1.21. The van der Waals surface area contributed by atoms with E-state index in [1.165, 1.54) is 15.8 Å². The van der Waals surface area contributed by atoms with Crippen molar-refractivity contribution in [2.75, 3.05) is 18.1 Å². The van der Waals surface area contributed by atoms with Gasteiger partial charge in [-0.2, -0.15) is 10.4 Å². The minimum atomic E-state index is -1.04. The molecular formula is C11H12N4O4. The Morgan fingerprint density at radius 3 is 2.89 bits per heavy atom. The van der Waals surface area contributed by atoms with Crippen LogP contribution in [0.2, 0.25) is 0 Å². The summed E-state index contributed by atoms with van der Waals surface area (Å²) in [5.41, 5.74) is 0.188. The van der Waals surface area contributed by atoms with Gasteiger partial charge in [0.1, 0.15) is 11.6 Å². The largest absolute Gasteiger partial charge is 0.481 e. The number of carbonyl (C=O) groups excluding carboxylic acids is 1. The quantitative estimate of drug-likeness (QED) is 0.733. The van der Waals surface area contributed by atoms with Crippen molar-refractivity contribution in [3.8, 4) is 6.07 Å². The zero-order chi connectivity index (χ0) is 14.0. The maximum Gasteiger partial charge on any atom is 0.308 e. The molecule has 1 fully saturated rings. The zero-order valence-corrected chi connectivity index (χ0v) is 9.98. The molecule has 0 spiro atoms. The molecule has 8 heteroatoms. The van der Waals surface area contributed by atoms with Crippen molar-refractivity contribution >= 4 is 17.7 Å². The van der Waals surface area contributed by atoms with E-state index in [1.807, 2.05) is 6.07 Å². The minimum absolute atomic E-state index is 0.0139. The molecule has 0 aliphatic carbocycles. The topological polar surface area (TPSA) is 119 Å². The van der Waals surface area contributed by atoms with Gasteiger partial charge in [0.2, 0.25) is 5.91 Å². The molecule has 1 aliphatic rings. The van der Waals surface area contributed by atoms with Gasteiger partial charge in [-0.25, -0.2) is 4.68 Å². The normalized spacial score (nSPS) is 18.6. The van der Waals surface area contributed by atoms with E-state index in [9.17, 15) is 9.59 Å². The first-order chi connectivity index (χ1) is 9.08. The van der Waals surface area contributed by atoms with Crippen LogP contribution in [0.1, 0.15) is 12.0 Å². The van der Waals surface area contributed by atoms with Crippen LogP contribution in [0.4, 0.5) is 5.82 Å². The lowest BCUT2D eigenvalue weighted by Gasteiger charge is -2.17. The summed E-state index contributed by atoms with van der Waals surface area (Å²) in [5.74, 6) is -1.92. The number of hydrogen-bond acceptors (Lipinski definition) is 5. The van der Waals surface area contributed by atoms with Crippen molar-refractivity contribution in [1.29, 1.82) is 5.26 Å². The van der Waals surface area contributed by atoms with E-state index in [-0.39, 0.29) is 43.4 Å². The molecule has 2 heterocycles. The van der Waals surface area contributed by atoms with Crippen LogP contribution in [0.15, 0.2) is 6.20 Å². The summed E-state index contributed by atoms with van der Waals surface area (Å²) in [6, 6.07) is 1.91. The van der Waals surface area contributed by atoms with Crippen LogP contribution in [0.3, 0.4) is 0 Å². The summed E-state index contributed by atoms with van der Waals surface area (Å²) in [7, 11) is 0. The second-order valence-corrected chi connectivity index (χ2v) is 4.18. The number of hydrogen-bond donors (Lipinski definition) is 2. The van der Waals surface area contributed by atoms with Crippen LogP contribution in [-0.2, 0) is 16.1 Å². The number of aliphatic hydroxyl groups is 1. The number of rotatable bonds is 4. The predicted octanol–water partition coefficient (Wildman–Crippen LogP) is -0.815. The maximum atomic E-state index is 11.9. The zero-order valence-electron chi connectivity index (χ0n) is 9.98. The fourth-order valence-electron chi connectivity index (χ4n) is 2.08. The van der Waals surface area contributed by atoms with Gasteiger partial charge in [-0.05, 0) is 0 Å². The number of aromatic nitrogens is 2. The third-order valence-electron chi connectivity index (χ3n) is 2.97. The summed E-state index contributed by atoms with van der Waals surface area (Å²) in [5, 5.41) is 30.8. The van der Waals surface area contributed by atoms with Crippen molar-refractivity contribution < 1.29 is 19.8 Å². The Balaban J connectivity index is 2.36. The van der Waals surface area contributed by atoms with Gasteiger partial charge in [-0.3, -0.25) is 14.5 Å². The van der Waals surface area contributed by atoms with E-state index in [0.717, 1.165) is 0 Å². The second kappa shape index (κ2) is 5.07. The molecule has 1 aromatic rings. The lowest BCUT2D eigenvalue weighted by atomic mass is 10.1. The van der Waals surface area contributed by atoms with Crippen molar-refractivity contribution in [1.82, 2.24) is 9.78 Å². The summed E-state index contributed by atoms with van der Waals surface area (Å²) in [6.45, 7) is -0.0392. The minimum Gasteiger partial charge on any atom is -0.481 e. The third-order valence-corrected chi connectivity index (χ3v) is 2.97. The summed E-state index contributed by atoms with van der Waals surface area (Å²) in [4.78, 5) is 24.0. The van der Waals surface area contributed by atoms with Crippen molar-refractivity contribution in [3.05, 3.63) is 11.8 Å². The first-order valence-electron chi connectivity index (χ1n) is 5.68. The Hall–Kier alpha value is -2.40. The van der Waals surface area contributed by atoms with Crippen LogP contribution in [0.5, 0.6) is 0 Å². The van der Waals surface area contributed by atoms with Crippen LogP contribution in [-0.4, -0.2) is 45.0 Å². The number of anilines is 1. The van der Waals surface area contributed by atoms with Gasteiger partial charge in [0.15, 0.2) is 5.82 Å². The Morgan fingerprint density at radius 2 is 2.37 bits per heavy atom. The highest BCUT2D eigenvalue weighted by atomic mass is 16.4. The molecule has 8 nitrogen and oxygen atoms in total. The first-order valence-corrected chi connectivity index (χ1v) is 5.68. The predicted molar refractivity (Wildman–Crippen MR) is 62.1 cm³/mol. The number of carbonyl (C=O) groups is 2. The molecule has 2 N–H and O–H groups in total. The molecule has 1 amide bonds. The average Bonchev–Trinajstić information content (AvgIpc) is 2.93. The van der Waals surface area contributed by atoms with Crippen LogP contribution in [0, 0.1) is 17.2 Å². The molecule has 2 rings (SSSR count). The van der Waals surface area contributed by atoms with E-state index in [4.69, 9.17) is 15.5 Å². The van der Waals surface area contributed by atoms with E-state index in [1.54, 1.807) is 0 Å². The molecule has 0 saturated carbocycles. The fourth-order valence-corrected chi connectivity index (χ4v) is 2.08. The number of aliphatic carboxylic acids is 1. The third kappa shape index (κ3) is 2.28. The Labute approximate surface area is 108 Å². The van der Waals surface area contributed by atoms with Crippen molar-refractivity contribution in [3.63, 3.8) is 0 Å². The maximum absolute atomic E-state index is 11.9.